The van der Waals surface area contributed by atoms with E-state index in [-0.39, 0.29) is 19.1 Å². The predicted molar refractivity (Wildman–Crippen MR) is 172 cm³/mol. The molecule has 0 aromatic heterocycles. The molecule has 12 heteroatoms. The van der Waals surface area contributed by atoms with E-state index < -0.39 is 11.8 Å². The summed E-state index contributed by atoms with van der Waals surface area (Å²) >= 11 is 2.06. The molecule has 0 atom stereocenters. The summed E-state index contributed by atoms with van der Waals surface area (Å²) in [4.78, 5) is 37.0. The van der Waals surface area contributed by atoms with E-state index >= 15 is 0 Å². The Labute approximate surface area is 264 Å². The van der Waals surface area contributed by atoms with E-state index in [0.717, 1.165) is 27.9 Å². The summed E-state index contributed by atoms with van der Waals surface area (Å²) in [5, 5.41) is 9.35. The summed E-state index contributed by atoms with van der Waals surface area (Å²) in [6.07, 6.45) is 1.86. The molecule has 3 aromatic carbocycles. The van der Waals surface area contributed by atoms with Gasteiger partial charge in [-0.15, -0.1) is 0 Å². The second kappa shape index (κ2) is 15.8. The van der Waals surface area contributed by atoms with Crippen molar-refractivity contribution in [2.24, 2.45) is 5.10 Å². The summed E-state index contributed by atoms with van der Waals surface area (Å²) in [6.45, 7) is 5.92. The standard InChI is InChI=1S/C31H35IN4O7/c1-18-11-19(2)28(20(3)12-18)35-27(37)17-43-29-23(32)13-22(15-26(29)42-6)16-34-36-31(39)30(38)33-10-9-21-7-8-24(40-4)25(14-21)41-5/h7-8,11-16H,9-10,17H2,1-6H3,(H,33,38)(H,35,37)(H,36,39)/b34-16-. The quantitative estimate of drug-likeness (QED) is 0.112. The zero-order valence-corrected chi connectivity index (χ0v) is 27.1. The maximum atomic E-state index is 12.6. The Bertz CT molecular complexity index is 1500. The van der Waals surface area contributed by atoms with Gasteiger partial charge in [0.15, 0.2) is 29.6 Å². The van der Waals surface area contributed by atoms with Gasteiger partial charge in [-0.1, -0.05) is 23.8 Å². The molecule has 0 unspecified atom stereocenters. The van der Waals surface area contributed by atoms with Crippen molar-refractivity contribution in [3.05, 3.63) is 73.9 Å². The number of rotatable bonds is 12. The summed E-state index contributed by atoms with van der Waals surface area (Å²) in [5.74, 6) is -0.0680. The van der Waals surface area contributed by atoms with Gasteiger partial charge in [0.25, 0.3) is 5.91 Å². The highest BCUT2D eigenvalue weighted by Crippen LogP contribution is 2.34. The lowest BCUT2D eigenvalue weighted by Crippen LogP contribution is -2.38. The summed E-state index contributed by atoms with van der Waals surface area (Å²) in [5.41, 5.74) is 7.54. The maximum absolute atomic E-state index is 12.6. The lowest BCUT2D eigenvalue weighted by Gasteiger charge is -2.15. The third kappa shape index (κ3) is 9.33. The molecule has 0 heterocycles. The van der Waals surface area contributed by atoms with Crippen molar-refractivity contribution in [2.45, 2.75) is 27.2 Å². The van der Waals surface area contributed by atoms with Gasteiger partial charge in [-0.05, 0) is 96.3 Å². The number of ether oxygens (including phenoxy) is 4. The molecule has 0 saturated carbocycles. The molecule has 0 aliphatic carbocycles. The Hall–Kier alpha value is -4.33. The third-order valence-electron chi connectivity index (χ3n) is 6.27. The molecule has 0 fully saturated rings. The normalized spacial score (nSPS) is 10.7. The number of methoxy groups -OCH3 is 3. The van der Waals surface area contributed by atoms with Crippen LogP contribution in [-0.2, 0) is 20.8 Å². The van der Waals surface area contributed by atoms with Gasteiger partial charge in [0.1, 0.15) is 0 Å². The van der Waals surface area contributed by atoms with Gasteiger partial charge in [-0.25, -0.2) is 5.43 Å². The SMILES string of the molecule is COc1ccc(CCNC(=O)C(=O)N/N=C\c2cc(I)c(OCC(=O)Nc3c(C)cc(C)cc3C)c(OC)c2)cc1OC. The fourth-order valence-corrected chi connectivity index (χ4v) is 5.08. The van der Waals surface area contributed by atoms with Crippen molar-refractivity contribution in [3.8, 4) is 23.0 Å². The Morgan fingerprint density at radius 1 is 0.860 bits per heavy atom. The van der Waals surface area contributed by atoms with Crippen molar-refractivity contribution in [1.29, 1.82) is 0 Å². The van der Waals surface area contributed by atoms with Crippen molar-refractivity contribution in [3.63, 3.8) is 0 Å². The highest BCUT2D eigenvalue weighted by atomic mass is 127. The van der Waals surface area contributed by atoms with E-state index in [0.29, 0.717) is 38.6 Å². The molecular formula is C31H35IN4O7. The number of anilines is 1. The van der Waals surface area contributed by atoms with Crippen LogP contribution in [-0.4, -0.2) is 58.4 Å². The molecule has 3 aromatic rings. The number of hydrazone groups is 1. The lowest BCUT2D eigenvalue weighted by molar-refractivity contribution is -0.139. The number of nitrogens with one attached hydrogen (secondary N) is 3. The molecule has 3 N–H and O–H groups in total. The fraction of sp³-hybridized carbons (Fsp3) is 0.290. The van der Waals surface area contributed by atoms with Gasteiger partial charge in [0.05, 0.1) is 31.1 Å². The third-order valence-corrected chi connectivity index (χ3v) is 7.08. The molecular weight excluding hydrogens is 667 g/mol. The fourth-order valence-electron chi connectivity index (χ4n) is 4.30. The largest absolute Gasteiger partial charge is 0.493 e. The zero-order valence-electron chi connectivity index (χ0n) is 24.9. The molecule has 0 saturated heterocycles. The van der Waals surface area contributed by atoms with Crippen LogP contribution in [0.4, 0.5) is 5.69 Å². The number of carbonyl (C=O) groups excluding carboxylic acids is 3. The summed E-state index contributed by atoms with van der Waals surface area (Å²) in [7, 11) is 4.58. The van der Waals surface area contributed by atoms with Crippen LogP contribution in [0.5, 0.6) is 23.0 Å². The van der Waals surface area contributed by atoms with Gasteiger partial charge in [-0.2, -0.15) is 5.10 Å². The Morgan fingerprint density at radius 2 is 1.53 bits per heavy atom. The van der Waals surface area contributed by atoms with Crippen LogP contribution in [0.25, 0.3) is 0 Å². The van der Waals surface area contributed by atoms with Gasteiger partial charge < -0.3 is 29.6 Å². The number of hydrogen-bond donors (Lipinski definition) is 3. The Morgan fingerprint density at radius 3 is 2.19 bits per heavy atom. The molecule has 11 nitrogen and oxygen atoms in total. The number of halogens is 1. The van der Waals surface area contributed by atoms with E-state index in [1.807, 2.05) is 45.0 Å². The average Bonchev–Trinajstić information content (AvgIpc) is 2.97. The van der Waals surface area contributed by atoms with Gasteiger partial charge in [0, 0.05) is 12.2 Å². The molecule has 0 radical (unpaired) electrons. The van der Waals surface area contributed by atoms with E-state index in [9.17, 15) is 14.4 Å². The Balaban J connectivity index is 1.52. The summed E-state index contributed by atoms with van der Waals surface area (Å²) < 4.78 is 22.4. The first-order valence-electron chi connectivity index (χ1n) is 13.3. The highest BCUT2D eigenvalue weighted by molar-refractivity contribution is 14.1. The first-order valence-corrected chi connectivity index (χ1v) is 14.3. The second-order valence-corrected chi connectivity index (χ2v) is 10.7. The minimum Gasteiger partial charge on any atom is -0.493 e. The monoisotopic (exact) mass is 702 g/mol. The Kier molecular flexibility index (Phi) is 12.2. The van der Waals surface area contributed by atoms with E-state index in [2.05, 4.69) is 43.8 Å². The lowest BCUT2D eigenvalue weighted by atomic mass is 10.1. The second-order valence-electron chi connectivity index (χ2n) is 9.54. The maximum Gasteiger partial charge on any atom is 0.329 e. The van der Waals surface area contributed by atoms with E-state index in [1.54, 1.807) is 32.4 Å². The summed E-state index contributed by atoms with van der Waals surface area (Å²) in [6, 6.07) is 12.8. The number of carbonyl (C=O) groups is 3. The van der Waals surface area contributed by atoms with Crippen LogP contribution >= 0.6 is 22.6 Å². The van der Waals surface area contributed by atoms with E-state index in [1.165, 1.54) is 13.3 Å². The van der Waals surface area contributed by atoms with Gasteiger partial charge in [0.2, 0.25) is 0 Å². The minimum atomic E-state index is -0.907. The van der Waals surface area contributed by atoms with Crippen LogP contribution in [0, 0.1) is 24.3 Å². The average molecular weight is 703 g/mol. The molecule has 228 valence electrons. The molecule has 3 amide bonds. The van der Waals surface area contributed by atoms with Crippen LogP contribution in [0.1, 0.15) is 27.8 Å². The molecule has 43 heavy (non-hydrogen) atoms. The number of nitrogens with zero attached hydrogens (tertiary/aromatic N) is 1. The predicted octanol–water partition coefficient (Wildman–Crippen LogP) is 4.07. The number of amides is 3. The van der Waals surface area contributed by atoms with Crippen LogP contribution < -0.4 is 35.0 Å². The molecule has 0 aliphatic rings. The number of benzene rings is 3. The van der Waals surface area contributed by atoms with Gasteiger partial charge in [-0.3, -0.25) is 14.4 Å². The molecule has 0 bridgehead atoms. The van der Waals surface area contributed by atoms with Crippen molar-refractivity contribution >= 4 is 52.2 Å². The highest BCUT2D eigenvalue weighted by Gasteiger charge is 2.16. The van der Waals surface area contributed by atoms with Crippen LogP contribution in [0.3, 0.4) is 0 Å². The van der Waals surface area contributed by atoms with Crippen molar-refractivity contribution in [2.75, 3.05) is 39.8 Å². The zero-order chi connectivity index (χ0) is 31.5. The minimum absolute atomic E-state index is 0.219. The molecule has 0 spiro atoms. The first-order chi connectivity index (χ1) is 20.6. The van der Waals surface area contributed by atoms with Crippen molar-refractivity contribution < 1.29 is 33.3 Å². The number of hydrogen-bond acceptors (Lipinski definition) is 8. The topological polar surface area (TPSA) is 137 Å². The first kappa shape index (κ1) is 33.2. The molecule has 3 rings (SSSR count). The van der Waals surface area contributed by atoms with E-state index in [4.69, 9.17) is 18.9 Å². The van der Waals surface area contributed by atoms with Crippen LogP contribution in [0.2, 0.25) is 0 Å². The smallest absolute Gasteiger partial charge is 0.329 e. The van der Waals surface area contributed by atoms with Gasteiger partial charge >= 0.3 is 11.8 Å². The van der Waals surface area contributed by atoms with Crippen LogP contribution in [0.15, 0.2) is 47.6 Å². The van der Waals surface area contributed by atoms with Crippen molar-refractivity contribution in [1.82, 2.24) is 10.7 Å². The molecule has 0 aliphatic heterocycles. The number of aryl methyl sites for hydroxylation is 3.